The second-order valence-electron chi connectivity index (χ2n) is 8.78. The Bertz CT molecular complexity index is 1400. The second-order valence-corrected chi connectivity index (χ2v) is 11.6. The van der Waals surface area contributed by atoms with Crippen LogP contribution in [0, 0.1) is 0 Å². The number of ether oxygens (including phenoxy) is 2. The van der Waals surface area contributed by atoms with E-state index in [4.69, 9.17) is 9.47 Å². The third-order valence-corrected chi connectivity index (χ3v) is 7.78. The van der Waals surface area contributed by atoms with Crippen LogP contribution in [-0.2, 0) is 32.6 Å². The molecule has 1 N–H and O–H groups in total. The summed E-state index contributed by atoms with van der Waals surface area (Å²) in [7, 11) is -2.36. The summed E-state index contributed by atoms with van der Waals surface area (Å²) in [6.07, 6.45) is 1.29. The van der Waals surface area contributed by atoms with Gasteiger partial charge in [0.1, 0.15) is 12.6 Å². The minimum atomic E-state index is -3.87. The molecule has 1 aliphatic heterocycles. The molecule has 1 heterocycles. The highest BCUT2D eigenvalue weighted by molar-refractivity contribution is 9.10. The lowest BCUT2D eigenvalue weighted by molar-refractivity contribution is -0.139. The molecule has 0 bridgehead atoms. The van der Waals surface area contributed by atoms with Crippen LogP contribution in [0.2, 0.25) is 0 Å². The number of halogens is 1. The number of fused-ring (bicyclic) bond motifs is 1. The maximum Gasteiger partial charge on any atom is 0.244 e. The van der Waals surface area contributed by atoms with E-state index in [1.165, 1.54) is 18.0 Å². The summed E-state index contributed by atoms with van der Waals surface area (Å²) in [5.41, 5.74) is 1.91. The van der Waals surface area contributed by atoms with E-state index in [2.05, 4.69) is 21.2 Å². The minimum Gasteiger partial charge on any atom is -0.454 e. The van der Waals surface area contributed by atoms with Crippen LogP contribution >= 0.6 is 15.9 Å². The standard InChI is InChI=1S/C27H28BrN3O6S/c1-29-27(33)23(14-19-6-4-3-5-7-19)30(16-20-8-10-21(28)11-9-20)26(32)17-31(38(2,34)35)22-12-13-24-25(15-22)37-18-36-24/h3-13,15,23H,14,16-18H2,1-2H3,(H,29,33)/t23-/m0/s1. The summed E-state index contributed by atoms with van der Waals surface area (Å²) >= 11 is 3.41. The Morgan fingerprint density at radius 3 is 2.32 bits per heavy atom. The molecule has 2 amide bonds. The molecule has 38 heavy (non-hydrogen) atoms. The van der Waals surface area contributed by atoms with Crippen molar-refractivity contribution >= 4 is 43.5 Å². The average molecular weight is 603 g/mol. The fourth-order valence-electron chi connectivity index (χ4n) is 4.16. The van der Waals surface area contributed by atoms with E-state index in [1.807, 2.05) is 54.6 Å². The first-order valence-electron chi connectivity index (χ1n) is 11.8. The Kier molecular flexibility index (Phi) is 8.58. The highest BCUT2D eigenvalue weighted by atomic mass is 79.9. The van der Waals surface area contributed by atoms with Gasteiger partial charge in [-0.15, -0.1) is 0 Å². The van der Waals surface area contributed by atoms with Crippen molar-refractivity contribution in [2.45, 2.75) is 19.0 Å². The Labute approximate surface area is 230 Å². The molecule has 3 aromatic rings. The molecule has 0 saturated carbocycles. The first-order chi connectivity index (χ1) is 18.2. The quantitative estimate of drug-likeness (QED) is 0.382. The number of nitrogens with zero attached hydrogens (tertiary/aromatic N) is 2. The lowest BCUT2D eigenvalue weighted by Gasteiger charge is -2.33. The first kappa shape index (κ1) is 27.5. The number of hydrogen-bond acceptors (Lipinski definition) is 6. The second kappa shape index (κ2) is 11.9. The Morgan fingerprint density at radius 2 is 1.66 bits per heavy atom. The van der Waals surface area contributed by atoms with Gasteiger partial charge in [-0.2, -0.15) is 0 Å². The molecule has 4 rings (SSSR count). The number of sulfonamides is 1. The van der Waals surface area contributed by atoms with Crippen LogP contribution in [0.1, 0.15) is 11.1 Å². The van der Waals surface area contributed by atoms with Gasteiger partial charge < -0.3 is 19.7 Å². The summed E-state index contributed by atoms with van der Waals surface area (Å²) in [6.45, 7) is -0.363. The van der Waals surface area contributed by atoms with E-state index < -0.39 is 28.5 Å². The zero-order valence-electron chi connectivity index (χ0n) is 21.0. The van der Waals surface area contributed by atoms with Gasteiger partial charge in [-0.1, -0.05) is 58.4 Å². The Balaban J connectivity index is 1.70. The molecule has 3 aromatic carbocycles. The van der Waals surface area contributed by atoms with Crippen LogP contribution in [0.25, 0.3) is 0 Å². The molecule has 0 radical (unpaired) electrons. The fourth-order valence-corrected chi connectivity index (χ4v) is 5.27. The smallest absolute Gasteiger partial charge is 0.244 e. The average Bonchev–Trinajstić information content (AvgIpc) is 3.37. The van der Waals surface area contributed by atoms with Gasteiger partial charge in [0.15, 0.2) is 11.5 Å². The van der Waals surface area contributed by atoms with E-state index in [1.54, 1.807) is 12.1 Å². The van der Waals surface area contributed by atoms with Crippen molar-refractivity contribution in [3.05, 3.63) is 88.4 Å². The molecule has 0 aliphatic carbocycles. The zero-order chi connectivity index (χ0) is 27.3. The van der Waals surface area contributed by atoms with Gasteiger partial charge in [0.25, 0.3) is 0 Å². The van der Waals surface area contributed by atoms with Crippen LogP contribution in [0.3, 0.4) is 0 Å². The number of carbonyl (C=O) groups excluding carboxylic acids is 2. The van der Waals surface area contributed by atoms with E-state index in [0.717, 1.165) is 26.2 Å². The number of nitrogens with one attached hydrogen (secondary N) is 1. The number of benzene rings is 3. The lowest BCUT2D eigenvalue weighted by Crippen LogP contribution is -2.52. The third-order valence-electron chi connectivity index (χ3n) is 6.11. The summed E-state index contributed by atoms with van der Waals surface area (Å²) < 4.78 is 38.3. The first-order valence-corrected chi connectivity index (χ1v) is 14.5. The molecule has 1 aliphatic rings. The number of amides is 2. The maximum absolute atomic E-state index is 13.9. The lowest BCUT2D eigenvalue weighted by atomic mass is 10.0. The fraction of sp³-hybridized carbons (Fsp3) is 0.259. The zero-order valence-corrected chi connectivity index (χ0v) is 23.4. The van der Waals surface area contributed by atoms with Crippen molar-refractivity contribution in [3.63, 3.8) is 0 Å². The number of likely N-dealkylation sites (N-methyl/N-ethyl adjacent to an activating group) is 1. The molecule has 0 spiro atoms. The van der Waals surface area contributed by atoms with Crippen LogP contribution in [0.5, 0.6) is 11.5 Å². The van der Waals surface area contributed by atoms with E-state index in [-0.39, 0.29) is 31.4 Å². The highest BCUT2D eigenvalue weighted by Crippen LogP contribution is 2.36. The van der Waals surface area contributed by atoms with Gasteiger partial charge in [0.2, 0.25) is 28.6 Å². The predicted molar refractivity (Wildman–Crippen MR) is 147 cm³/mol. The van der Waals surface area contributed by atoms with Crippen LogP contribution in [0.15, 0.2) is 77.3 Å². The molecule has 0 aromatic heterocycles. The number of rotatable bonds is 10. The van der Waals surface area contributed by atoms with Gasteiger partial charge >= 0.3 is 0 Å². The predicted octanol–water partition coefficient (Wildman–Crippen LogP) is 3.33. The van der Waals surface area contributed by atoms with Crippen LogP contribution < -0.4 is 19.1 Å². The Morgan fingerprint density at radius 1 is 0.974 bits per heavy atom. The van der Waals surface area contributed by atoms with Crippen molar-refractivity contribution in [2.75, 3.05) is 30.9 Å². The number of anilines is 1. The summed E-state index contributed by atoms with van der Waals surface area (Å²) in [6, 6.07) is 20.6. The number of hydrogen-bond donors (Lipinski definition) is 1. The van der Waals surface area contributed by atoms with Crippen molar-refractivity contribution in [1.82, 2.24) is 10.2 Å². The van der Waals surface area contributed by atoms with Crippen molar-refractivity contribution in [3.8, 4) is 11.5 Å². The SMILES string of the molecule is CNC(=O)[C@H](Cc1ccccc1)N(Cc1ccc(Br)cc1)C(=O)CN(c1ccc2c(c1)OCO2)S(C)(=O)=O. The van der Waals surface area contributed by atoms with Gasteiger partial charge in [0, 0.05) is 30.6 Å². The monoisotopic (exact) mass is 601 g/mol. The maximum atomic E-state index is 13.9. The molecule has 0 fully saturated rings. The summed E-state index contributed by atoms with van der Waals surface area (Å²) in [5.74, 6) is 0.00408. The van der Waals surface area contributed by atoms with Crippen molar-refractivity contribution in [2.24, 2.45) is 0 Å². The van der Waals surface area contributed by atoms with E-state index in [9.17, 15) is 18.0 Å². The molecule has 1 atom stereocenters. The minimum absolute atomic E-state index is 0.0326. The van der Waals surface area contributed by atoms with Gasteiger partial charge in [0.05, 0.1) is 11.9 Å². The Hall–Kier alpha value is -3.57. The molecular formula is C27H28BrN3O6S. The van der Waals surface area contributed by atoms with E-state index in [0.29, 0.717) is 11.5 Å². The van der Waals surface area contributed by atoms with Crippen molar-refractivity contribution in [1.29, 1.82) is 0 Å². The third kappa shape index (κ3) is 6.65. The van der Waals surface area contributed by atoms with Gasteiger partial charge in [-0.05, 0) is 35.4 Å². The largest absolute Gasteiger partial charge is 0.454 e. The van der Waals surface area contributed by atoms with Gasteiger partial charge in [-0.25, -0.2) is 8.42 Å². The molecule has 11 heteroatoms. The summed E-state index contributed by atoms with van der Waals surface area (Å²) in [4.78, 5) is 28.4. The normalized spacial score (nSPS) is 13.0. The summed E-state index contributed by atoms with van der Waals surface area (Å²) in [5, 5.41) is 2.66. The molecule has 0 unspecified atom stereocenters. The van der Waals surface area contributed by atoms with Gasteiger partial charge in [-0.3, -0.25) is 13.9 Å². The highest BCUT2D eigenvalue weighted by Gasteiger charge is 2.33. The van der Waals surface area contributed by atoms with Crippen molar-refractivity contribution < 1.29 is 27.5 Å². The molecular weight excluding hydrogens is 574 g/mol. The number of carbonyl (C=O) groups is 2. The van der Waals surface area contributed by atoms with Crippen LogP contribution in [-0.4, -0.2) is 57.8 Å². The van der Waals surface area contributed by atoms with Crippen LogP contribution in [0.4, 0.5) is 5.69 Å². The molecule has 9 nitrogen and oxygen atoms in total. The molecule has 0 saturated heterocycles. The van der Waals surface area contributed by atoms with E-state index >= 15 is 0 Å². The topological polar surface area (TPSA) is 105 Å². The molecule has 200 valence electrons.